The van der Waals surface area contributed by atoms with Gasteiger partial charge in [-0.25, -0.2) is 0 Å². The topological polar surface area (TPSA) is 35.5 Å². The normalized spacial score (nSPS) is 21.0. The van der Waals surface area contributed by atoms with Crippen LogP contribution in [0.5, 0.6) is 0 Å². The van der Waals surface area contributed by atoms with Crippen LogP contribution < -0.4 is 5.32 Å². The van der Waals surface area contributed by atoms with Crippen LogP contribution in [0.15, 0.2) is 0 Å². The summed E-state index contributed by atoms with van der Waals surface area (Å²) in [5.74, 6) is 0. The highest BCUT2D eigenvalue weighted by molar-refractivity contribution is 4.92. The molecule has 3 nitrogen and oxygen atoms in total. The van der Waals surface area contributed by atoms with Gasteiger partial charge in [0.1, 0.15) is 0 Å². The fourth-order valence-electron chi connectivity index (χ4n) is 2.23. The maximum absolute atomic E-state index is 9.49. The van der Waals surface area contributed by atoms with Gasteiger partial charge < -0.3 is 10.4 Å². The quantitative estimate of drug-likeness (QED) is 0.669. The van der Waals surface area contributed by atoms with Gasteiger partial charge in [0.2, 0.25) is 0 Å². The second-order valence-electron chi connectivity index (χ2n) is 5.31. The van der Waals surface area contributed by atoms with Crippen molar-refractivity contribution in [2.45, 2.75) is 58.2 Å². The predicted molar refractivity (Wildman–Crippen MR) is 64.0 cm³/mol. The summed E-state index contributed by atoms with van der Waals surface area (Å²) in [4.78, 5) is 2.48. The summed E-state index contributed by atoms with van der Waals surface area (Å²) in [5, 5.41) is 13.0. The molecule has 0 spiro atoms. The standard InChI is InChI=1S/C12H26N2O/c1-5-14(11-6-7-11)8-12(4,9-15)13-10(2)3/h10-11,13,15H,5-9H2,1-4H3. The third-order valence-electron chi connectivity index (χ3n) is 3.01. The van der Waals surface area contributed by atoms with Gasteiger partial charge in [-0.3, -0.25) is 4.90 Å². The Hall–Kier alpha value is -0.120. The summed E-state index contributed by atoms with van der Waals surface area (Å²) in [6.07, 6.45) is 2.66. The van der Waals surface area contributed by atoms with E-state index in [0.29, 0.717) is 6.04 Å². The molecule has 0 aromatic rings. The highest BCUT2D eigenvalue weighted by atomic mass is 16.3. The zero-order valence-corrected chi connectivity index (χ0v) is 10.6. The molecule has 0 amide bonds. The molecular weight excluding hydrogens is 188 g/mol. The van der Waals surface area contributed by atoms with Gasteiger partial charge in [-0.1, -0.05) is 20.8 Å². The molecule has 0 saturated heterocycles. The molecule has 90 valence electrons. The molecule has 3 heteroatoms. The minimum Gasteiger partial charge on any atom is -0.394 e. The Kier molecular flexibility index (Phi) is 4.56. The number of hydrogen-bond acceptors (Lipinski definition) is 3. The molecule has 1 unspecified atom stereocenters. The number of nitrogens with zero attached hydrogens (tertiary/aromatic N) is 1. The molecule has 0 aromatic carbocycles. The lowest BCUT2D eigenvalue weighted by Crippen LogP contribution is -2.56. The molecule has 1 atom stereocenters. The van der Waals surface area contributed by atoms with Crippen LogP contribution in [-0.2, 0) is 0 Å². The van der Waals surface area contributed by atoms with Crippen LogP contribution in [-0.4, -0.2) is 47.3 Å². The van der Waals surface area contributed by atoms with E-state index in [0.717, 1.165) is 19.1 Å². The third kappa shape index (κ3) is 4.09. The second-order valence-corrected chi connectivity index (χ2v) is 5.31. The summed E-state index contributed by atoms with van der Waals surface area (Å²) in [6, 6.07) is 1.19. The van der Waals surface area contributed by atoms with Gasteiger partial charge in [0, 0.05) is 18.6 Å². The molecule has 0 aromatic heterocycles. The van der Waals surface area contributed by atoms with Gasteiger partial charge in [0.25, 0.3) is 0 Å². The number of aliphatic hydroxyl groups excluding tert-OH is 1. The van der Waals surface area contributed by atoms with Gasteiger partial charge in [-0.05, 0) is 26.3 Å². The fraction of sp³-hybridized carbons (Fsp3) is 1.00. The SMILES string of the molecule is CCN(CC(C)(CO)NC(C)C)C1CC1. The van der Waals surface area contributed by atoms with Gasteiger partial charge in [-0.2, -0.15) is 0 Å². The predicted octanol–water partition coefficient (Wildman–Crippen LogP) is 1.22. The lowest BCUT2D eigenvalue weighted by Gasteiger charge is -2.36. The van der Waals surface area contributed by atoms with E-state index in [9.17, 15) is 5.11 Å². The molecule has 1 fully saturated rings. The van der Waals surface area contributed by atoms with Gasteiger partial charge in [0.15, 0.2) is 0 Å². The number of likely N-dealkylation sites (N-methyl/N-ethyl adjacent to an activating group) is 1. The lowest BCUT2D eigenvalue weighted by molar-refractivity contribution is 0.112. The molecule has 1 aliphatic carbocycles. The summed E-state index contributed by atoms with van der Waals surface area (Å²) in [6.45, 7) is 10.8. The van der Waals surface area contributed by atoms with Crippen molar-refractivity contribution >= 4 is 0 Å². The number of nitrogens with one attached hydrogen (secondary N) is 1. The Morgan fingerprint density at radius 2 is 2.07 bits per heavy atom. The van der Waals surface area contributed by atoms with E-state index in [1.165, 1.54) is 12.8 Å². The Morgan fingerprint density at radius 1 is 1.47 bits per heavy atom. The van der Waals surface area contributed by atoms with Crippen LogP contribution in [0.2, 0.25) is 0 Å². The Labute approximate surface area is 93.9 Å². The molecule has 0 radical (unpaired) electrons. The second kappa shape index (κ2) is 5.28. The van der Waals surface area contributed by atoms with Crippen LogP contribution >= 0.6 is 0 Å². The largest absolute Gasteiger partial charge is 0.394 e. The zero-order chi connectivity index (χ0) is 11.5. The minimum atomic E-state index is -0.160. The number of rotatable bonds is 7. The molecule has 1 aliphatic rings. The van der Waals surface area contributed by atoms with Crippen LogP contribution in [0, 0.1) is 0 Å². The van der Waals surface area contributed by atoms with Crippen molar-refractivity contribution in [3.8, 4) is 0 Å². The first-order chi connectivity index (χ1) is 7.00. The Balaban J connectivity index is 2.48. The van der Waals surface area contributed by atoms with Crippen molar-refractivity contribution in [3.63, 3.8) is 0 Å². The van der Waals surface area contributed by atoms with Crippen LogP contribution in [0.1, 0.15) is 40.5 Å². The zero-order valence-electron chi connectivity index (χ0n) is 10.6. The molecule has 0 heterocycles. The summed E-state index contributed by atoms with van der Waals surface area (Å²) >= 11 is 0. The average Bonchev–Trinajstić information content (AvgIpc) is 2.96. The van der Waals surface area contributed by atoms with E-state index in [1.54, 1.807) is 0 Å². The van der Waals surface area contributed by atoms with Crippen LogP contribution in [0.3, 0.4) is 0 Å². The smallest absolute Gasteiger partial charge is 0.0623 e. The Bertz CT molecular complexity index is 192. The van der Waals surface area contributed by atoms with Crippen LogP contribution in [0.25, 0.3) is 0 Å². The van der Waals surface area contributed by atoms with Crippen molar-refractivity contribution in [2.75, 3.05) is 19.7 Å². The van der Waals surface area contributed by atoms with E-state index in [-0.39, 0.29) is 12.1 Å². The number of hydrogen-bond donors (Lipinski definition) is 2. The minimum absolute atomic E-state index is 0.160. The third-order valence-corrected chi connectivity index (χ3v) is 3.01. The van der Waals surface area contributed by atoms with Crippen molar-refractivity contribution in [2.24, 2.45) is 0 Å². The van der Waals surface area contributed by atoms with Gasteiger partial charge in [-0.15, -0.1) is 0 Å². The van der Waals surface area contributed by atoms with E-state index in [1.807, 2.05) is 0 Å². The molecular formula is C12H26N2O. The monoisotopic (exact) mass is 214 g/mol. The van der Waals surface area contributed by atoms with Crippen molar-refractivity contribution < 1.29 is 5.11 Å². The lowest BCUT2D eigenvalue weighted by atomic mass is 10.0. The van der Waals surface area contributed by atoms with E-state index in [4.69, 9.17) is 0 Å². The van der Waals surface area contributed by atoms with Crippen LogP contribution in [0.4, 0.5) is 0 Å². The summed E-state index contributed by atoms with van der Waals surface area (Å²) in [7, 11) is 0. The maximum Gasteiger partial charge on any atom is 0.0623 e. The highest BCUT2D eigenvalue weighted by Gasteiger charge is 2.33. The molecule has 1 saturated carbocycles. The first-order valence-electron chi connectivity index (χ1n) is 6.13. The Morgan fingerprint density at radius 3 is 2.40 bits per heavy atom. The molecule has 1 rings (SSSR count). The molecule has 2 N–H and O–H groups in total. The molecule has 15 heavy (non-hydrogen) atoms. The fourth-order valence-corrected chi connectivity index (χ4v) is 2.23. The van der Waals surface area contributed by atoms with Crippen molar-refractivity contribution in [3.05, 3.63) is 0 Å². The van der Waals surface area contributed by atoms with Gasteiger partial charge >= 0.3 is 0 Å². The summed E-state index contributed by atoms with van der Waals surface area (Å²) in [5.41, 5.74) is -0.160. The number of aliphatic hydroxyl groups is 1. The van der Waals surface area contributed by atoms with Gasteiger partial charge in [0.05, 0.1) is 12.1 Å². The highest BCUT2D eigenvalue weighted by Crippen LogP contribution is 2.27. The first-order valence-corrected chi connectivity index (χ1v) is 6.13. The van der Waals surface area contributed by atoms with E-state index >= 15 is 0 Å². The summed E-state index contributed by atoms with van der Waals surface area (Å²) < 4.78 is 0. The first kappa shape index (κ1) is 12.9. The molecule has 0 bridgehead atoms. The van der Waals surface area contributed by atoms with E-state index in [2.05, 4.69) is 37.9 Å². The average molecular weight is 214 g/mol. The van der Waals surface area contributed by atoms with Crippen molar-refractivity contribution in [1.29, 1.82) is 0 Å². The van der Waals surface area contributed by atoms with Crippen molar-refractivity contribution in [1.82, 2.24) is 10.2 Å². The van der Waals surface area contributed by atoms with E-state index < -0.39 is 0 Å². The maximum atomic E-state index is 9.49. The molecule has 0 aliphatic heterocycles.